The third-order valence-corrected chi connectivity index (χ3v) is 3.12. The van der Waals surface area contributed by atoms with Gasteiger partial charge in [-0.05, 0) is 18.8 Å². The third-order valence-electron chi connectivity index (χ3n) is 3.12. The highest BCUT2D eigenvalue weighted by atomic mass is 16.5. The molecule has 1 rings (SSSR count). The minimum atomic E-state index is 0.0537. The molecule has 0 amide bonds. The van der Waals surface area contributed by atoms with Crippen molar-refractivity contribution < 1.29 is 4.52 Å². The van der Waals surface area contributed by atoms with Gasteiger partial charge in [0, 0.05) is 11.0 Å². The van der Waals surface area contributed by atoms with Gasteiger partial charge in [0.2, 0.25) is 0 Å². The van der Waals surface area contributed by atoms with Gasteiger partial charge >= 0.3 is 0 Å². The van der Waals surface area contributed by atoms with E-state index in [1.807, 2.05) is 6.92 Å². The van der Waals surface area contributed by atoms with E-state index in [0.29, 0.717) is 0 Å². The lowest BCUT2D eigenvalue weighted by Crippen LogP contribution is -2.24. The van der Waals surface area contributed by atoms with Crippen LogP contribution >= 0.6 is 0 Å². The number of hydrogen-bond donors (Lipinski definition) is 0. The number of hydrogen-bond acceptors (Lipinski definition) is 2. The summed E-state index contributed by atoms with van der Waals surface area (Å²) in [6.07, 6.45) is 2.35. The van der Waals surface area contributed by atoms with Crippen molar-refractivity contribution in [3.63, 3.8) is 0 Å². The van der Waals surface area contributed by atoms with Crippen molar-refractivity contribution in [2.45, 2.75) is 72.1 Å². The molecule has 16 heavy (non-hydrogen) atoms. The molecule has 0 aromatic carbocycles. The standard InChI is InChI=1S/C14H25NO/c1-8-9-14(6,7)11-10(2)16-15-12(11)13(3,4)5/h8-9H2,1-7H3. The molecule has 0 aliphatic heterocycles. The highest BCUT2D eigenvalue weighted by Crippen LogP contribution is 2.38. The van der Waals surface area contributed by atoms with Crippen LogP contribution in [0.15, 0.2) is 4.52 Å². The zero-order valence-electron chi connectivity index (χ0n) is 11.8. The van der Waals surface area contributed by atoms with Crippen molar-refractivity contribution in [1.29, 1.82) is 0 Å². The number of nitrogens with zero attached hydrogens (tertiary/aromatic N) is 1. The molecule has 92 valence electrons. The minimum Gasteiger partial charge on any atom is -0.361 e. The van der Waals surface area contributed by atoms with Crippen LogP contribution in [-0.4, -0.2) is 5.16 Å². The van der Waals surface area contributed by atoms with Gasteiger partial charge in [-0.3, -0.25) is 0 Å². The van der Waals surface area contributed by atoms with Gasteiger partial charge < -0.3 is 4.52 Å². The summed E-state index contributed by atoms with van der Waals surface area (Å²) in [7, 11) is 0. The summed E-state index contributed by atoms with van der Waals surface area (Å²) in [5.74, 6) is 0.975. The molecule has 0 unspecified atom stereocenters. The van der Waals surface area contributed by atoms with Gasteiger partial charge in [0.25, 0.3) is 0 Å². The van der Waals surface area contributed by atoms with Crippen LogP contribution in [0.1, 0.15) is 71.4 Å². The van der Waals surface area contributed by atoms with Gasteiger partial charge in [-0.25, -0.2) is 0 Å². The van der Waals surface area contributed by atoms with E-state index in [1.54, 1.807) is 0 Å². The van der Waals surface area contributed by atoms with Crippen molar-refractivity contribution in [2.24, 2.45) is 0 Å². The average Bonchev–Trinajstić information content (AvgIpc) is 2.46. The third kappa shape index (κ3) is 2.47. The first kappa shape index (κ1) is 13.3. The SMILES string of the molecule is CCCC(C)(C)c1c(C(C)(C)C)noc1C. The summed E-state index contributed by atoms with van der Waals surface area (Å²) in [6, 6.07) is 0. The lowest BCUT2D eigenvalue weighted by atomic mass is 9.75. The predicted octanol–water partition coefficient (Wildman–Crippen LogP) is 4.36. The molecule has 0 saturated heterocycles. The molecule has 0 N–H and O–H groups in total. The number of rotatable bonds is 3. The molecule has 0 aliphatic carbocycles. The van der Waals surface area contributed by atoms with E-state index in [1.165, 1.54) is 12.0 Å². The van der Waals surface area contributed by atoms with Crippen LogP contribution in [0.5, 0.6) is 0 Å². The van der Waals surface area contributed by atoms with Crippen LogP contribution in [0.25, 0.3) is 0 Å². The molecule has 0 aliphatic rings. The smallest absolute Gasteiger partial charge is 0.137 e. The minimum absolute atomic E-state index is 0.0537. The summed E-state index contributed by atoms with van der Waals surface area (Å²) in [5, 5.41) is 4.26. The quantitative estimate of drug-likeness (QED) is 0.761. The molecule has 0 radical (unpaired) electrons. The Morgan fingerprint density at radius 2 is 1.69 bits per heavy atom. The fraction of sp³-hybridized carbons (Fsp3) is 0.786. The van der Waals surface area contributed by atoms with E-state index in [4.69, 9.17) is 4.52 Å². The molecule has 1 aromatic rings. The van der Waals surface area contributed by atoms with Crippen LogP contribution in [0, 0.1) is 6.92 Å². The van der Waals surface area contributed by atoms with Crippen molar-refractivity contribution in [3.8, 4) is 0 Å². The van der Waals surface area contributed by atoms with E-state index < -0.39 is 0 Å². The molecule has 0 atom stereocenters. The van der Waals surface area contributed by atoms with E-state index >= 15 is 0 Å². The Kier molecular flexibility index (Phi) is 3.51. The van der Waals surface area contributed by atoms with E-state index in [-0.39, 0.29) is 10.8 Å². The zero-order chi connectivity index (χ0) is 12.6. The largest absolute Gasteiger partial charge is 0.361 e. The normalized spacial score (nSPS) is 13.2. The lowest BCUT2D eigenvalue weighted by Gasteiger charge is -2.28. The van der Waals surface area contributed by atoms with Crippen LogP contribution in [0.4, 0.5) is 0 Å². The molecular weight excluding hydrogens is 198 g/mol. The van der Waals surface area contributed by atoms with Gasteiger partial charge in [-0.2, -0.15) is 0 Å². The highest BCUT2D eigenvalue weighted by molar-refractivity contribution is 5.34. The second-order valence-corrected chi connectivity index (χ2v) is 6.35. The maximum atomic E-state index is 5.40. The Morgan fingerprint density at radius 3 is 2.12 bits per heavy atom. The molecule has 0 bridgehead atoms. The van der Waals surface area contributed by atoms with Crippen LogP contribution in [0.3, 0.4) is 0 Å². The second-order valence-electron chi connectivity index (χ2n) is 6.35. The Balaban J connectivity index is 3.27. The Morgan fingerprint density at radius 1 is 1.12 bits per heavy atom. The molecule has 2 nitrogen and oxygen atoms in total. The number of aromatic nitrogens is 1. The Labute approximate surface area is 99.4 Å². The molecule has 0 fully saturated rings. The monoisotopic (exact) mass is 223 g/mol. The van der Waals surface area contributed by atoms with Gasteiger partial charge in [0.1, 0.15) is 5.76 Å². The second kappa shape index (κ2) is 4.23. The zero-order valence-corrected chi connectivity index (χ0v) is 11.8. The van der Waals surface area contributed by atoms with Gasteiger partial charge in [0.15, 0.2) is 0 Å². The molecule has 1 heterocycles. The fourth-order valence-electron chi connectivity index (χ4n) is 2.43. The van der Waals surface area contributed by atoms with Crippen molar-refractivity contribution >= 4 is 0 Å². The van der Waals surface area contributed by atoms with Gasteiger partial charge in [-0.15, -0.1) is 0 Å². The van der Waals surface area contributed by atoms with Crippen molar-refractivity contribution in [2.75, 3.05) is 0 Å². The first-order chi connectivity index (χ1) is 7.20. The summed E-state index contributed by atoms with van der Waals surface area (Å²) >= 11 is 0. The maximum absolute atomic E-state index is 5.40. The molecule has 0 saturated carbocycles. The number of aryl methyl sites for hydroxylation is 1. The van der Waals surface area contributed by atoms with Crippen molar-refractivity contribution in [1.82, 2.24) is 5.16 Å². The van der Waals surface area contributed by atoms with E-state index in [9.17, 15) is 0 Å². The molecule has 2 heteroatoms. The van der Waals surface area contributed by atoms with Crippen molar-refractivity contribution in [3.05, 3.63) is 17.0 Å². The first-order valence-electron chi connectivity index (χ1n) is 6.17. The lowest BCUT2D eigenvalue weighted by molar-refractivity contribution is 0.374. The molecule has 1 aromatic heterocycles. The molecule has 0 spiro atoms. The first-order valence-corrected chi connectivity index (χ1v) is 6.17. The summed E-state index contributed by atoms with van der Waals surface area (Å²) in [6.45, 7) is 15.4. The Bertz CT molecular complexity index is 355. The fourth-order valence-corrected chi connectivity index (χ4v) is 2.43. The van der Waals surface area contributed by atoms with Crippen LogP contribution < -0.4 is 0 Å². The maximum Gasteiger partial charge on any atom is 0.137 e. The summed E-state index contributed by atoms with van der Waals surface area (Å²) in [5.41, 5.74) is 2.63. The van der Waals surface area contributed by atoms with Gasteiger partial charge in [0.05, 0.1) is 5.69 Å². The predicted molar refractivity (Wildman–Crippen MR) is 67.9 cm³/mol. The van der Waals surface area contributed by atoms with E-state index in [2.05, 4.69) is 46.7 Å². The summed E-state index contributed by atoms with van der Waals surface area (Å²) in [4.78, 5) is 0. The van der Waals surface area contributed by atoms with Crippen LogP contribution in [0.2, 0.25) is 0 Å². The topological polar surface area (TPSA) is 26.0 Å². The van der Waals surface area contributed by atoms with Crippen LogP contribution in [-0.2, 0) is 10.8 Å². The van der Waals surface area contributed by atoms with E-state index in [0.717, 1.165) is 17.9 Å². The van der Waals surface area contributed by atoms with Gasteiger partial charge in [-0.1, -0.05) is 53.1 Å². The molecular formula is C14H25NO. The summed E-state index contributed by atoms with van der Waals surface area (Å²) < 4.78 is 5.40. The Hall–Kier alpha value is -0.790. The average molecular weight is 223 g/mol. The highest BCUT2D eigenvalue weighted by Gasteiger charge is 2.33.